The highest BCUT2D eigenvalue weighted by Crippen LogP contribution is 2.42. The molecule has 9 heteroatoms. The minimum Gasteiger partial charge on any atom is -0.497 e. The van der Waals surface area contributed by atoms with Gasteiger partial charge in [0.15, 0.2) is 5.54 Å². The number of amides is 1. The molecule has 0 saturated heterocycles. The van der Waals surface area contributed by atoms with E-state index in [0.717, 1.165) is 34.2 Å². The Balaban J connectivity index is 1.27. The van der Waals surface area contributed by atoms with Gasteiger partial charge in [0, 0.05) is 36.7 Å². The minimum absolute atomic E-state index is 0.0285. The number of ether oxygens (including phenoxy) is 4. The van der Waals surface area contributed by atoms with Crippen LogP contribution in [0.5, 0.6) is 17.2 Å². The second kappa shape index (κ2) is 15.5. The fraction of sp³-hybridized carbons (Fsp3) is 0.174. The van der Waals surface area contributed by atoms with Crippen molar-refractivity contribution < 1.29 is 28.5 Å². The molecule has 0 spiro atoms. The number of nitrogens with zero attached hydrogens (tertiary/aromatic N) is 1. The molecule has 9 nitrogen and oxygen atoms in total. The van der Waals surface area contributed by atoms with E-state index in [-0.39, 0.29) is 12.5 Å². The number of rotatable bonds is 13. The van der Waals surface area contributed by atoms with Gasteiger partial charge >= 0.3 is 5.97 Å². The van der Waals surface area contributed by atoms with Crippen molar-refractivity contribution in [2.45, 2.75) is 31.2 Å². The predicted molar refractivity (Wildman–Crippen MR) is 211 cm³/mol. The van der Waals surface area contributed by atoms with Crippen LogP contribution in [0.15, 0.2) is 146 Å². The summed E-state index contributed by atoms with van der Waals surface area (Å²) in [6.45, 7) is 1.48. The second-order valence-corrected chi connectivity index (χ2v) is 13.5. The molecule has 1 aliphatic rings. The lowest BCUT2D eigenvalue weighted by Gasteiger charge is -2.42. The number of nitrogens with two attached hydrogens (primary N) is 1. The van der Waals surface area contributed by atoms with Crippen molar-refractivity contribution >= 4 is 11.9 Å². The molecule has 0 heterocycles. The topological polar surface area (TPSA) is 112 Å². The summed E-state index contributed by atoms with van der Waals surface area (Å²) in [5.74, 6) is 0.430. The van der Waals surface area contributed by atoms with Crippen molar-refractivity contribution in [1.82, 2.24) is 10.4 Å². The van der Waals surface area contributed by atoms with E-state index < -0.39 is 17.2 Å². The quantitative estimate of drug-likeness (QED) is 0.0713. The van der Waals surface area contributed by atoms with Crippen LogP contribution in [0, 0.1) is 0 Å². The van der Waals surface area contributed by atoms with Crippen LogP contribution < -0.4 is 25.4 Å². The van der Waals surface area contributed by atoms with Gasteiger partial charge in [-0.2, -0.15) is 5.01 Å². The molecule has 6 aromatic carbocycles. The molecule has 1 aliphatic carbocycles. The molecule has 1 unspecified atom stereocenters. The fourth-order valence-electron chi connectivity index (χ4n) is 7.46. The van der Waals surface area contributed by atoms with Gasteiger partial charge in [-0.1, -0.05) is 115 Å². The number of hydrogen-bond donors (Lipinski definition) is 2. The lowest BCUT2D eigenvalue weighted by Crippen LogP contribution is -2.56. The molecule has 55 heavy (non-hydrogen) atoms. The predicted octanol–water partition coefficient (Wildman–Crippen LogP) is 7.48. The Morgan fingerprint density at radius 1 is 0.709 bits per heavy atom. The first-order chi connectivity index (χ1) is 26.7. The van der Waals surface area contributed by atoms with Gasteiger partial charge in [-0.3, -0.25) is 10.2 Å². The third-order valence-corrected chi connectivity index (χ3v) is 10.2. The standard InChI is InChI=1S/C46H43N3O6/c1-31(50)48-49(2)46(35-16-7-5-8-17-35,36-18-9-6-10-19-36)55-37-24-22-34(23-25-37)45(47,42-27-26-38(52-3)29-43(42)53-4)44(51)54-30-33-15-13-21-40-39-20-12-11-14-32(39)28-41(33)40/h5-27,29H,28,30,47H2,1-4H3,(H,48,50). The monoisotopic (exact) mass is 733 g/mol. The molecule has 3 N–H and O–H groups in total. The Hall–Kier alpha value is -6.42. The number of fused-ring (bicyclic) bond motifs is 3. The molecule has 1 atom stereocenters. The fourth-order valence-corrected chi connectivity index (χ4v) is 7.46. The highest BCUT2D eigenvalue weighted by atomic mass is 16.5. The van der Waals surface area contributed by atoms with Crippen LogP contribution in [0.4, 0.5) is 0 Å². The maximum atomic E-state index is 14.5. The summed E-state index contributed by atoms with van der Waals surface area (Å²) in [7, 11) is 4.83. The maximum absolute atomic E-state index is 14.5. The summed E-state index contributed by atoms with van der Waals surface area (Å²) in [5, 5.41) is 1.65. The van der Waals surface area contributed by atoms with E-state index in [1.807, 2.05) is 84.9 Å². The first-order valence-corrected chi connectivity index (χ1v) is 18.0. The molecule has 6 aromatic rings. The van der Waals surface area contributed by atoms with Crippen molar-refractivity contribution in [1.29, 1.82) is 0 Å². The van der Waals surface area contributed by atoms with E-state index >= 15 is 0 Å². The van der Waals surface area contributed by atoms with E-state index in [1.165, 1.54) is 25.2 Å². The largest absolute Gasteiger partial charge is 0.497 e. The van der Waals surface area contributed by atoms with Crippen LogP contribution in [-0.4, -0.2) is 38.2 Å². The molecule has 278 valence electrons. The number of methoxy groups -OCH3 is 2. The average Bonchev–Trinajstić information content (AvgIpc) is 3.61. The number of hydrogen-bond acceptors (Lipinski definition) is 8. The van der Waals surface area contributed by atoms with E-state index in [1.54, 1.807) is 61.6 Å². The summed E-state index contributed by atoms with van der Waals surface area (Å²) >= 11 is 0. The van der Waals surface area contributed by atoms with E-state index in [9.17, 15) is 9.59 Å². The molecule has 0 bridgehead atoms. The van der Waals surface area contributed by atoms with Crippen LogP contribution in [-0.2, 0) is 38.6 Å². The first-order valence-electron chi connectivity index (χ1n) is 18.0. The smallest absolute Gasteiger partial charge is 0.335 e. The highest BCUT2D eigenvalue weighted by molar-refractivity contribution is 5.88. The third kappa shape index (κ3) is 6.91. The highest BCUT2D eigenvalue weighted by Gasteiger charge is 2.44. The Bertz CT molecular complexity index is 2270. The van der Waals surface area contributed by atoms with Crippen LogP contribution in [0.3, 0.4) is 0 Å². The molecule has 0 saturated carbocycles. The van der Waals surface area contributed by atoms with Crippen LogP contribution in [0.25, 0.3) is 11.1 Å². The van der Waals surface area contributed by atoms with Gasteiger partial charge in [-0.05, 0) is 64.1 Å². The first kappa shape index (κ1) is 36.9. The molecule has 7 rings (SSSR count). The van der Waals surface area contributed by atoms with Crippen molar-refractivity contribution in [3.63, 3.8) is 0 Å². The number of esters is 1. The zero-order valence-corrected chi connectivity index (χ0v) is 31.2. The van der Waals surface area contributed by atoms with Crippen molar-refractivity contribution in [3.8, 4) is 28.4 Å². The second-order valence-electron chi connectivity index (χ2n) is 13.5. The van der Waals surface area contributed by atoms with E-state index in [2.05, 4.69) is 23.6 Å². The van der Waals surface area contributed by atoms with Crippen molar-refractivity contribution in [2.24, 2.45) is 5.73 Å². The maximum Gasteiger partial charge on any atom is 0.335 e. The third-order valence-electron chi connectivity index (χ3n) is 10.2. The van der Waals surface area contributed by atoms with Gasteiger partial charge in [0.25, 0.3) is 0 Å². The number of carbonyl (C=O) groups excluding carboxylic acids is 2. The zero-order valence-electron chi connectivity index (χ0n) is 31.2. The van der Waals surface area contributed by atoms with Crippen LogP contribution in [0.2, 0.25) is 0 Å². The van der Waals surface area contributed by atoms with E-state index in [0.29, 0.717) is 28.4 Å². The van der Waals surface area contributed by atoms with E-state index in [4.69, 9.17) is 24.7 Å². The lowest BCUT2D eigenvalue weighted by molar-refractivity contribution is -0.150. The Morgan fingerprint density at radius 2 is 1.33 bits per heavy atom. The molecule has 1 amide bonds. The summed E-state index contributed by atoms with van der Waals surface area (Å²) in [6.07, 6.45) is 0.755. The SMILES string of the molecule is COc1ccc(C(N)(C(=O)OCc2cccc3c2Cc2ccccc2-3)c2ccc(OC(c3ccccc3)(c3ccccc3)N(C)NC(C)=O)cc2)c(OC)c1. The zero-order chi connectivity index (χ0) is 38.6. The minimum atomic E-state index is -1.81. The number of nitrogens with one attached hydrogen (secondary N) is 1. The van der Waals surface area contributed by atoms with Gasteiger partial charge in [-0.15, -0.1) is 0 Å². The molecule has 0 fully saturated rings. The molecular weight excluding hydrogens is 691 g/mol. The van der Waals surface area contributed by atoms with Gasteiger partial charge in [0.1, 0.15) is 23.9 Å². The number of carbonyl (C=O) groups is 2. The lowest BCUT2D eigenvalue weighted by atomic mass is 9.83. The van der Waals surface area contributed by atoms with Crippen LogP contribution in [0.1, 0.15) is 45.9 Å². The molecule has 0 aliphatic heterocycles. The Labute approximate surface area is 321 Å². The van der Waals surface area contributed by atoms with Crippen molar-refractivity contribution in [3.05, 3.63) is 185 Å². The molecule has 0 radical (unpaired) electrons. The number of hydrazine groups is 1. The van der Waals surface area contributed by atoms with Gasteiger partial charge in [0.2, 0.25) is 11.6 Å². The Kier molecular flexibility index (Phi) is 10.4. The Morgan fingerprint density at radius 3 is 1.96 bits per heavy atom. The summed E-state index contributed by atoms with van der Waals surface area (Å²) in [5.41, 5.74) is 15.1. The van der Waals surface area contributed by atoms with Gasteiger partial charge in [-0.25, -0.2) is 4.79 Å². The molecular formula is C46H43N3O6. The molecule has 0 aromatic heterocycles. The van der Waals surface area contributed by atoms with Gasteiger partial charge < -0.3 is 24.7 Å². The number of benzene rings is 6. The summed E-state index contributed by atoms with van der Waals surface area (Å²) in [6, 6.07) is 45.8. The summed E-state index contributed by atoms with van der Waals surface area (Å²) < 4.78 is 24.3. The summed E-state index contributed by atoms with van der Waals surface area (Å²) in [4.78, 5) is 27.0. The van der Waals surface area contributed by atoms with Crippen molar-refractivity contribution in [2.75, 3.05) is 21.3 Å². The van der Waals surface area contributed by atoms with Crippen LogP contribution >= 0.6 is 0 Å². The van der Waals surface area contributed by atoms with Gasteiger partial charge in [0.05, 0.1) is 14.2 Å². The average molecular weight is 734 g/mol. The normalized spacial score (nSPS) is 12.9.